The minimum absolute atomic E-state index is 0.0507. The van der Waals surface area contributed by atoms with E-state index >= 15 is 0 Å². The third-order valence-electron chi connectivity index (χ3n) is 2.69. The molecule has 0 aliphatic rings. The van der Waals surface area contributed by atoms with Gasteiger partial charge in [-0.3, -0.25) is 9.59 Å². The standard InChI is InChI=1S/C15H21FN2O2/c1-15(2,3)14(20)18-9-8-17-13(19)10-11-4-6-12(16)7-5-11/h4-7H,8-10H2,1-3H3,(H,17,19)(H,18,20). The van der Waals surface area contributed by atoms with Crippen LogP contribution in [0.15, 0.2) is 24.3 Å². The Morgan fingerprint density at radius 3 is 2.15 bits per heavy atom. The van der Waals surface area contributed by atoms with Crippen LogP contribution in [0.4, 0.5) is 4.39 Å². The minimum atomic E-state index is -0.432. The number of carbonyl (C=O) groups excluding carboxylic acids is 2. The van der Waals surface area contributed by atoms with Gasteiger partial charge in [0.15, 0.2) is 0 Å². The van der Waals surface area contributed by atoms with Gasteiger partial charge in [0, 0.05) is 18.5 Å². The normalized spacial score (nSPS) is 11.0. The highest BCUT2D eigenvalue weighted by molar-refractivity contribution is 5.81. The maximum Gasteiger partial charge on any atom is 0.225 e. The molecule has 1 aromatic carbocycles. The zero-order valence-corrected chi connectivity index (χ0v) is 12.1. The molecule has 0 aromatic heterocycles. The molecule has 0 fully saturated rings. The molecule has 0 atom stereocenters. The van der Waals surface area contributed by atoms with Crippen LogP contribution in [0.1, 0.15) is 26.3 Å². The molecule has 4 nitrogen and oxygen atoms in total. The van der Waals surface area contributed by atoms with Gasteiger partial charge < -0.3 is 10.6 Å². The van der Waals surface area contributed by atoms with Gasteiger partial charge in [-0.1, -0.05) is 32.9 Å². The summed E-state index contributed by atoms with van der Waals surface area (Å²) in [6.07, 6.45) is 0.202. The first-order valence-corrected chi connectivity index (χ1v) is 6.58. The molecule has 20 heavy (non-hydrogen) atoms. The number of benzene rings is 1. The lowest BCUT2D eigenvalue weighted by Crippen LogP contribution is -2.40. The van der Waals surface area contributed by atoms with Crippen molar-refractivity contribution in [1.29, 1.82) is 0 Å². The molecule has 0 heterocycles. The summed E-state index contributed by atoms with van der Waals surface area (Å²) < 4.78 is 12.7. The van der Waals surface area contributed by atoms with Gasteiger partial charge in [-0.2, -0.15) is 0 Å². The van der Waals surface area contributed by atoms with Gasteiger partial charge in [0.05, 0.1) is 6.42 Å². The summed E-state index contributed by atoms with van der Waals surface area (Å²) in [5, 5.41) is 5.45. The van der Waals surface area contributed by atoms with E-state index in [-0.39, 0.29) is 24.1 Å². The maximum absolute atomic E-state index is 12.7. The number of rotatable bonds is 5. The van der Waals surface area contributed by atoms with Crippen LogP contribution < -0.4 is 10.6 Å². The molecule has 2 amide bonds. The van der Waals surface area contributed by atoms with Crippen LogP contribution in [0, 0.1) is 11.2 Å². The quantitative estimate of drug-likeness (QED) is 0.806. The summed E-state index contributed by atoms with van der Waals surface area (Å²) >= 11 is 0. The lowest BCUT2D eigenvalue weighted by atomic mass is 9.96. The summed E-state index contributed by atoms with van der Waals surface area (Å²) in [6, 6.07) is 5.81. The zero-order chi connectivity index (χ0) is 15.2. The lowest BCUT2D eigenvalue weighted by molar-refractivity contribution is -0.128. The van der Waals surface area contributed by atoms with Gasteiger partial charge in [0.25, 0.3) is 0 Å². The molecule has 0 bridgehead atoms. The van der Waals surface area contributed by atoms with Gasteiger partial charge in [-0.15, -0.1) is 0 Å². The fourth-order valence-corrected chi connectivity index (χ4v) is 1.49. The molecule has 0 radical (unpaired) electrons. The predicted molar refractivity (Wildman–Crippen MR) is 75.6 cm³/mol. The number of hydrogen-bond donors (Lipinski definition) is 2. The van der Waals surface area contributed by atoms with Crippen LogP contribution in [-0.2, 0) is 16.0 Å². The molecule has 0 aliphatic carbocycles. The third kappa shape index (κ3) is 5.82. The molecular weight excluding hydrogens is 259 g/mol. The van der Waals surface area contributed by atoms with Crippen molar-refractivity contribution >= 4 is 11.8 Å². The van der Waals surface area contributed by atoms with E-state index < -0.39 is 5.41 Å². The van der Waals surface area contributed by atoms with Crippen LogP contribution in [0.25, 0.3) is 0 Å². The lowest BCUT2D eigenvalue weighted by Gasteiger charge is -2.17. The van der Waals surface area contributed by atoms with Gasteiger partial charge >= 0.3 is 0 Å². The fraction of sp³-hybridized carbons (Fsp3) is 0.467. The number of nitrogens with one attached hydrogen (secondary N) is 2. The van der Waals surface area contributed by atoms with Crippen molar-refractivity contribution in [2.45, 2.75) is 27.2 Å². The number of hydrogen-bond acceptors (Lipinski definition) is 2. The Hall–Kier alpha value is -1.91. The highest BCUT2D eigenvalue weighted by Gasteiger charge is 2.20. The Balaban J connectivity index is 2.24. The first-order valence-electron chi connectivity index (χ1n) is 6.58. The van der Waals surface area contributed by atoms with Crippen LogP contribution in [0.2, 0.25) is 0 Å². The van der Waals surface area contributed by atoms with Crippen molar-refractivity contribution in [3.8, 4) is 0 Å². The van der Waals surface area contributed by atoms with Crippen molar-refractivity contribution in [3.05, 3.63) is 35.6 Å². The minimum Gasteiger partial charge on any atom is -0.354 e. The van der Waals surface area contributed by atoms with Gasteiger partial charge in [-0.05, 0) is 17.7 Å². The average Bonchev–Trinajstić information content (AvgIpc) is 2.36. The molecule has 0 spiro atoms. The SMILES string of the molecule is CC(C)(C)C(=O)NCCNC(=O)Cc1ccc(F)cc1. The Kier molecular flexibility index (Phi) is 5.67. The van der Waals surface area contributed by atoms with Crippen LogP contribution in [0.3, 0.4) is 0 Å². The van der Waals surface area contributed by atoms with Crippen molar-refractivity contribution in [2.24, 2.45) is 5.41 Å². The molecule has 0 unspecified atom stereocenters. The second-order valence-corrected chi connectivity index (χ2v) is 5.66. The summed E-state index contributed by atoms with van der Waals surface area (Å²) in [7, 11) is 0. The highest BCUT2D eigenvalue weighted by Crippen LogP contribution is 2.11. The van der Waals surface area contributed by atoms with Gasteiger partial charge in [0.2, 0.25) is 11.8 Å². The van der Waals surface area contributed by atoms with Crippen LogP contribution in [-0.4, -0.2) is 24.9 Å². The van der Waals surface area contributed by atoms with Gasteiger partial charge in [0.1, 0.15) is 5.82 Å². The molecule has 1 rings (SSSR count). The second kappa shape index (κ2) is 7.03. The molecule has 110 valence electrons. The largest absolute Gasteiger partial charge is 0.354 e. The number of amides is 2. The Morgan fingerprint density at radius 1 is 1.05 bits per heavy atom. The molecule has 1 aromatic rings. The summed E-state index contributed by atoms with van der Waals surface area (Å²) in [5.41, 5.74) is 0.320. The van der Waals surface area contributed by atoms with E-state index in [1.807, 2.05) is 20.8 Å². The van der Waals surface area contributed by atoms with E-state index in [0.29, 0.717) is 13.1 Å². The monoisotopic (exact) mass is 280 g/mol. The van der Waals surface area contributed by atoms with E-state index in [9.17, 15) is 14.0 Å². The van der Waals surface area contributed by atoms with E-state index in [1.165, 1.54) is 12.1 Å². The predicted octanol–water partition coefficient (Wildman–Crippen LogP) is 1.65. The Labute approximate surface area is 118 Å². The van der Waals surface area contributed by atoms with E-state index in [4.69, 9.17) is 0 Å². The Morgan fingerprint density at radius 2 is 1.60 bits per heavy atom. The number of halogens is 1. The fourth-order valence-electron chi connectivity index (χ4n) is 1.49. The summed E-state index contributed by atoms with van der Waals surface area (Å²) in [4.78, 5) is 23.2. The zero-order valence-electron chi connectivity index (χ0n) is 12.1. The molecule has 0 saturated heterocycles. The van der Waals surface area contributed by atoms with Gasteiger partial charge in [-0.25, -0.2) is 4.39 Å². The molecule has 0 aliphatic heterocycles. The second-order valence-electron chi connectivity index (χ2n) is 5.66. The van der Waals surface area contributed by atoms with Crippen LogP contribution >= 0.6 is 0 Å². The van der Waals surface area contributed by atoms with Crippen LogP contribution in [0.5, 0.6) is 0 Å². The Bertz CT molecular complexity index is 464. The van der Waals surface area contributed by atoms with Crippen molar-refractivity contribution in [1.82, 2.24) is 10.6 Å². The van der Waals surface area contributed by atoms with Crippen molar-refractivity contribution in [3.63, 3.8) is 0 Å². The first kappa shape index (κ1) is 16.1. The molecule has 0 saturated carbocycles. The van der Waals surface area contributed by atoms with E-state index in [0.717, 1.165) is 5.56 Å². The topological polar surface area (TPSA) is 58.2 Å². The summed E-state index contributed by atoms with van der Waals surface area (Å²) in [6.45, 7) is 6.26. The van der Waals surface area contributed by atoms with Crippen molar-refractivity contribution in [2.75, 3.05) is 13.1 Å². The van der Waals surface area contributed by atoms with E-state index in [2.05, 4.69) is 10.6 Å². The smallest absolute Gasteiger partial charge is 0.225 e. The maximum atomic E-state index is 12.7. The summed E-state index contributed by atoms with van der Waals surface area (Å²) in [5.74, 6) is -0.522. The first-order chi connectivity index (χ1) is 9.29. The third-order valence-corrected chi connectivity index (χ3v) is 2.69. The van der Waals surface area contributed by atoms with Crippen molar-refractivity contribution < 1.29 is 14.0 Å². The molecular formula is C15H21FN2O2. The molecule has 5 heteroatoms. The average molecular weight is 280 g/mol. The molecule has 2 N–H and O–H groups in total. The van der Waals surface area contributed by atoms with E-state index in [1.54, 1.807) is 12.1 Å². The highest BCUT2D eigenvalue weighted by atomic mass is 19.1. The number of carbonyl (C=O) groups is 2.